The number of amides is 1. The monoisotopic (exact) mass is 285 g/mol. The highest BCUT2D eigenvalue weighted by Gasteiger charge is 2.36. The molecule has 0 spiro atoms. The maximum Gasteiger partial charge on any atom is 0.303 e. The zero-order valence-electron chi connectivity index (χ0n) is 12.7. The van der Waals surface area contributed by atoms with Gasteiger partial charge in [-0.2, -0.15) is 0 Å². The maximum atomic E-state index is 12.1. The summed E-state index contributed by atoms with van der Waals surface area (Å²) in [6, 6.07) is 0. The van der Waals surface area contributed by atoms with E-state index in [9.17, 15) is 14.7 Å². The molecule has 1 rings (SSSR count). The minimum atomic E-state index is -0.897. The molecule has 116 valence electrons. The van der Waals surface area contributed by atoms with Gasteiger partial charge >= 0.3 is 5.97 Å². The number of hydrogen-bond donors (Lipinski definition) is 3. The number of carbonyl (C=O) groups is 2. The van der Waals surface area contributed by atoms with Gasteiger partial charge in [0, 0.05) is 6.42 Å². The third kappa shape index (κ3) is 5.12. The SMILES string of the molecule is CC1CCC(CO)(NC(=O)CC(C)(C)CC(=O)O)CC1. The molecule has 1 amide bonds. The van der Waals surface area contributed by atoms with E-state index in [0.717, 1.165) is 25.7 Å². The van der Waals surface area contributed by atoms with E-state index in [0.29, 0.717) is 5.92 Å². The first kappa shape index (κ1) is 17.0. The van der Waals surface area contributed by atoms with Crippen molar-refractivity contribution in [1.82, 2.24) is 5.32 Å². The van der Waals surface area contributed by atoms with E-state index in [2.05, 4.69) is 12.2 Å². The van der Waals surface area contributed by atoms with Gasteiger partial charge in [-0.25, -0.2) is 0 Å². The standard InChI is InChI=1S/C15H27NO4/c1-11-4-6-15(10-17,7-5-11)16-12(18)8-14(2,3)9-13(19)20/h11,17H,4-10H2,1-3H3,(H,16,18)(H,19,20). The summed E-state index contributed by atoms with van der Waals surface area (Å²) >= 11 is 0. The summed E-state index contributed by atoms with van der Waals surface area (Å²) in [5, 5.41) is 21.4. The molecule has 1 aliphatic carbocycles. The second-order valence-corrected chi connectivity index (χ2v) is 7.08. The van der Waals surface area contributed by atoms with E-state index in [4.69, 9.17) is 5.11 Å². The van der Waals surface area contributed by atoms with Crippen LogP contribution in [-0.4, -0.2) is 34.2 Å². The third-order valence-corrected chi connectivity index (χ3v) is 4.21. The van der Waals surface area contributed by atoms with Gasteiger partial charge in [0.2, 0.25) is 5.91 Å². The molecule has 0 aromatic rings. The van der Waals surface area contributed by atoms with Crippen molar-refractivity contribution >= 4 is 11.9 Å². The molecule has 3 N–H and O–H groups in total. The van der Waals surface area contributed by atoms with Gasteiger partial charge in [0.05, 0.1) is 18.6 Å². The molecule has 5 heteroatoms. The second-order valence-electron chi connectivity index (χ2n) is 7.08. The van der Waals surface area contributed by atoms with Gasteiger partial charge in [0.15, 0.2) is 0 Å². The molecule has 20 heavy (non-hydrogen) atoms. The van der Waals surface area contributed by atoms with Crippen LogP contribution in [0.25, 0.3) is 0 Å². The molecule has 0 unspecified atom stereocenters. The van der Waals surface area contributed by atoms with Crippen molar-refractivity contribution in [2.24, 2.45) is 11.3 Å². The largest absolute Gasteiger partial charge is 0.481 e. The van der Waals surface area contributed by atoms with Crippen LogP contribution in [0, 0.1) is 11.3 Å². The highest BCUT2D eigenvalue weighted by molar-refractivity contribution is 5.78. The van der Waals surface area contributed by atoms with Gasteiger partial charge in [-0.1, -0.05) is 20.8 Å². The first-order valence-corrected chi connectivity index (χ1v) is 7.32. The summed E-state index contributed by atoms with van der Waals surface area (Å²) in [7, 11) is 0. The van der Waals surface area contributed by atoms with E-state index in [1.807, 2.05) is 0 Å². The van der Waals surface area contributed by atoms with Crippen LogP contribution in [-0.2, 0) is 9.59 Å². The van der Waals surface area contributed by atoms with Crippen molar-refractivity contribution in [3.63, 3.8) is 0 Å². The fourth-order valence-electron chi connectivity index (χ4n) is 2.88. The third-order valence-electron chi connectivity index (χ3n) is 4.21. The zero-order chi connectivity index (χ0) is 15.4. The minimum Gasteiger partial charge on any atom is -0.481 e. The average molecular weight is 285 g/mol. The van der Waals surface area contributed by atoms with E-state index in [-0.39, 0.29) is 25.4 Å². The topological polar surface area (TPSA) is 86.6 Å². The van der Waals surface area contributed by atoms with Crippen LogP contribution in [0.4, 0.5) is 0 Å². The molecule has 0 bridgehead atoms. The Morgan fingerprint density at radius 3 is 2.25 bits per heavy atom. The summed E-state index contributed by atoms with van der Waals surface area (Å²) in [4.78, 5) is 22.9. The molecule has 0 aromatic carbocycles. The fourth-order valence-corrected chi connectivity index (χ4v) is 2.88. The van der Waals surface area contributed by atoms with E-state index in [1.54, 1.807) is 13.8 Å². The van der Waals surface area contributed by atoms with Crippen LogP contribution in [0.2, 0.25) is 0 Å². The summed E-state index contributed by atoms with van der Waals surface area (Å²) in [5.74, 6) is -0.430. The predicted octanol–water partition coefficient (Wildman–Crippen LogP) is 1.93. The number of aliphatic hydroxyl groups excluding tert-OH is 1. The summed E-state index contributed by atoms with van der Waals surface area (Å²) in [5.41, 5.74) is -1.09. The molecule has 0 atom stereocenters. The van der Waals surface area contributed by atoms with Gasteiger partial charge in [-0.15, -0.1) is 0 Å². The van der Waals surface area contributed by atoms with Crippen LogP contribution in [0.5, 0.6) is 0 Å². The molecule has 0 saturated heterocycles. The Kier molecular flexibility index (Phi) is 5.57. The average Bonchev–Trinajstić information content (AvgIpc) is 2.29. The molecule has 1 saturated carbocycles. The van der Waals surface area contributed by atoms with Gasteiger partial charge < -0.3 is 15.5 Å². The summed E-state index contributed by atoms with van der Waals surface area (Å²) in [6.07, 6.45) is 3.70. The lowest BCUT2D eigenvalue weighted by atomic mass is 9.77. The van der Waals surface area contributed by atoms with Gasteiger partial charge in [-0.05, 0) is 37.0 Å². The van der Waals surface area contributed by atoms with E-state index < -0.39 is 16.9 Å². The number of aliphatic carboxylic acids is 1. The molecular weight excluding hydrogens is 258 g/mol. The van der Waals surface area contributed by atoms with Crippen LogP contribution in [0.15, 0.2) is 0 Å². The van der Waals surface area contributed by atoms with Crippen molar-refractivity contribution in [2.45, 2.75) is 64.8 Å². The van der Waals surface area contributed by atoms with Gasteiger partial charge in [0.1, 0.15) is 0 Å². The lowest BCUT2D eigenvalue weighted by Gasteiger charge is -2.39. The summed E-state index contributed by atoms with van der Waals surface area (Å²) in [6.45, 7) is 5.68. The van der Waals surface area contributed by atoms with Crippen LogP contribution in [0.3, 0.4) is 0 Å². The smallest absolute Gasteiger partial charge is 0.303 e. The molecule has 0 aliphatic heterocycles. The second kappa shape index (κ2) is 6.57. The van der Waals surface area contributed by atoms with Crippen molar-refractivity contribution in [1.29, 1.82) is 0 Å². The summed E-state index contributed by atoms with van der Waals surface area (Å²) < 4.78 is 0. The van der Waals surface area contributed by atoms with Crippen molar-refractivity contribution in [3.05, 3.63) is 0 Å². The number of carbonyl (C=O) groups excluding carboxylic acids is 1. The molecule has 0 heterocycles. The molecule has 1 fully saturated rings. The van der Waals surface area contributed by atoms with Gasteiger partial charge in [-0.3, -0.25) is 9.59 Å². The Balaban J connectivity index is 2.57. The van der Waals surface area contributed by atoms with Crippen molar-refractivity contribution in [3.8, 4) is 0 Å². The van der Waals surface area contributed by atoms with Crippen LogP contribution in [0.1, 0.15) is 59.3 Å². The quantitative estimate of drug-likeness (QED) is 0.696. The Hall–Kier alpha value is -1.10. The molecule has 5 nitrogen and oxygen atoms in total. The zero-order valence-corrected chi connectivity index (χ0v) is 12.7. The number of aliphatic hydroxyl groups is 1. The maximum absolute atomic E-state index is 12.1. The highest BCUT2D eigenvalue weighted by Crippen LogP contribution is 2.32. The van der Waals surface area contributed by atoms with Crippen molar-refractivity contribution < 1.29 is 19.8 Å². The number of carboxylic acids is 1. The fraction of sp³-hybridized carbons (Fsp3) is 0.867. The van der Waals surface area contributed by atoms with E-state index >= 15 is 0 Å². The number of hydrogen-bond acceptors (Lipinski definition) is 3. The van der Waals surface area contributed by atoms with Crippen LogP contribution < -0.4 is 5.32 Å². The Morgan fingerprint density at radius 2 is 1.80 bits per heavy atom. The van der Waals surface area contributed by atoms with Gasteiger partial charge in [0.25, 0.3) is 0 Å². The van der Waals surface area contributed by atoms with Crippen LogP contribution >= 0.6 is 0 Å². The molecule has 0 radical (unpaired) electrons. The Bertz CT molecular complexity index is 357. The lowest BCUT2D eigenvalue weighted by molar-refractivity contribution is -0.139. The first-order valence-electron chi connectivity index (χ1n) is 7.32. The highest BCUT2D eigenvalue weighted by atomic mass is 16.4. The number of rotatable bonds is 6. The minimum absolute atomic E-state index is 0.0381. The predicted molar refractivity (Wildman–Crippen MR) is 76.2 cm³/mol. The molecule has 0 aromatic heterocycles. The van der Waals surface area contributed by atoms with Crippen molar-refractivity contribution in [2.75, 3.05) is 6.61 Å². The first-order chi connectivity index (χ1) is 9.18. The molecular formula is C15H27NO4. The normalized spacial score (nSPS) is 27.1. The number of nitrogens with one attached hydrogen (secondary N) is 1. The Labute approximate surface area is 120 Å². The van der Waals surface area contributed by atoms with E-state index in [1.165, 1.54) is 0 Å². The lowest BCUT2D eigenvalue weighted by Crippen LogP contribution is -2.53. The molecule has 1 aliphatic rings. The Morgan fingerprint density at radius 1 is 1.25 bits per heavy atom. The number of carboxylic acid groups (broad SMARTS) is 1.